The van der Waals surface area contributed by atoms with Gasteiger partial charge in [0.1, 0.15) is 49.4 Å². The summed E-state index contributed by atoms with van der Waals surface area (Å²) in [6, 6.07) is 7.26. The van der Waals surface area contributed by atoms with E-state index in [9.17, 15) is 73.2 Å². The number of rotatable bonds is 45. The Balaban J connectivity index is 0.808. The van der Waals surface area contributed by atoms with E-state index < -0.39 is 192 Å². The minimum atomic E-state index is -2.38. The molecule has 0 spiro atoms. The van der Waals surface area contributed by atoms with Gasteiger partial charge in [-0.2, -0.15) is 0 Å². The van der Waals surface area contributed by atoms with E-state index in [-0.39, 0.29) is 141 Å². The summed E-state index contributed by atoms with van der Waals surface area (Å²) < 4.78 is 80.7. The molecule has 2 aromatic rings. The molecule has 1 unspecified atom stereocenters. The molecular formula is C76H105F2N9O24. The molecule has 33 nitrogen and oxygen atoms in total. The quantitative estimate of drug-likeness (QED) is 0.0332. The van der Waals surface area contributed by atoms with Gasteiger partial charge in [-0.25, -0.2) is 18.4 Å². The van der Waals surface area contributed by atoms with Gasteiger partial charge < -0.3 is 101 Å². The van der Waals surface area contributed by atoms with Crippen LogP contribution in [0.3, 0.4) is 0 Å². The van der Waals surface area contributed by atoms with Crippen LogP contribution in [0.2, 0.25) is 0 Å². The number of carbonyl (C=O) groups is 11. The van der Waals surface area contributed by atoms with Crippen molar-refractivity contribution in [1.29, 1.82) is 0 Å². The smallest absolute Gasteiger partial charge is 0.411 e. The molecule has 3 saturated carbocycles. The van der Waals surface area contributed by atoms with Gasteiger partial charge >= 0.3 is 12.1 Å². The second kappa shape index (κ2) is 40.6. The second-order valence-electron chi connectivity index (χ2n) is 29.1. The van der Waals surface area contributed by atoms with Gasteiger partial charge in [0.25, 0.3) is 11.8 Å². The van der Waals surface area contributed by atoms with Crippen molar-refractivity contribution in [3.8, 4) is 5.75 Å². The first kappa shape index (κ1) is 87.8. The summed E-state index contributed by atoms with van der Waals surface area (Å²) in [5.41, 5.74) is -0.617. The summed E-state index contributed by atoms with van der Waals surface area (Å²) in [6.45, 7) is 7.89. The zero-order valence-corrected chi connectivity index (χ0v) is 63.0. The maximum absolute atomic E-state index is 18.0. The molecule has 8 rings (SSSR count). The minimum absolute atomic E-state index is 0.0106. The third-order valence-corrected chi connectivity index (χ3v) is 21.3. The number of halogens is 2. The van der Waals surface area contributed by atoms with Gasteiger partial charge in [0.15, 0.2) is 23.3 Å². The highest BCUT2D eigenvalue weighted by Gasteiger charge is 2.80. The molecule has 111 heavy (non-hydrogen) atoms. The Morgan fingerprint density at radius 1 is 0.721 bits per heavy atom. The second-order valence-corrected chi connectivity index (χ2v) is 29.1. The van der Waals surface area contributed by atoms with E-state index in [2.05, 4.69) is 37.2 Å². The van der Waals surface area contributed by atoms with Crippen molar-refractivity contribution in [3.05, 3.63) is 90.0 Å². The van der Waals surface area contributed by atoms with Crippen LogP contribution >= 0.6 is 0 Å². The topological polar surface area (TPSA) is 476 Å². The van der Waals surface area contributed by atoms with Gasteiger partial charge in [-0.3, -0.25) is 53.4 Å². The molecule has 6 aliphatic rings. The maximum atomic E-state index is 18.0. The molecule has 35 heteroatoms. The molecule has 2 aliphatic heterocycles. The van der Waals surface area contributed by atoms with Crippen LogP contribution < -0.4 is 47.7 Å². The summed E-state index contributed by atoms with van der Waals surface area (Å²) in [5, 5.41) is 69.7. The van der Waals surface area contributed by atoms with Crippen LogP contribution in [0.1, 0.15) is 111 Å². The highest BCUT2D eigenvalue weighted by atomic mass is 19.1. The van der Waals surface area contributed by atoms with Gasteiger partial charge in [0.05, 0.1) is 83.8 Å². The van der Waals surface area contributed by atoms with Crippen molar-refractivity contribution < 1.29 is 125 Å². The number of urea groups is 1. The first-order chi connectivity index (χ1) is 52.9. The number of alkyl halides is 2. The Labute approximate surface area is 641 Å². The van der Waals surface area contributed by atoms with Gasteiger partial charge in [0.2, 0.25) is 35.3 Å². The van der Waals surface area contributed by atoms with Crippen LogP contribution in [0.15, 0.2) is 84.5 Å². The van der Waals surface area contributed by atoms with E-state index in [0.29, 0.717) is 24.1 Å². The van der Waals surface area contributed by atoms with E-state index >= 15 is 8.78 Å². The number of benzene rings is 2. The van der Waals surface area contributed by atoms with Crippen molar-refractivity contribution >= 4 is 76.4 Å². The van der Waals surface area contributed by atoms with Gasteiger partial charge in [0, 0.05) is 72.8 Å². The number of Topliss-reactive ketones (excluding diaryl/α,β-unsaturated/α-hetero) is 1. The number of ketones is 2. The first-order valence-electron chi connectivity index (χ1n) is 37.5. The molecule has 0 bridgehead atoms. The summed E-state index contributed by atoms with van der Waals surface area (Å²) in [7, 11) is 0. The number of aliphatic hydroxyl groups is 5. The lowest BCUT2D eigenvalue weighted by molar-refractivity contribution is -0.234. The number of fused-ring (bicyclic) bond motifs is 7. The average Bonchev–Trinajstić information content (AvgIpc) is 1.59. The zero-order valence-electron chi connectivity index (χ0n) is 63.0. The number of aliphatic hydroxyl groups excluding tert-OH is 5. The number of hydrogen-bond donors (Lipinski definition) is 13. The fourth-order valence-corrected chi connectivity index (χ4v) is 15.4. The largest absolute Gasteiger partial charge is 0.486 e. The summed E-state index contributed by atoms with van der Waals surface area (Å²) in [5.74, 6) is -7.78. The van der Waals surface area contributed by atoms with Crippen LogP contribution in [-0.4, -0.2) is 254 Å². The number of ether oxygens (including phenoxy) is 8. The molecule has 16 atom stereocenters. The van der Waals surface area contributed by atoms with Crippen LogP contribution in [0.5, 0.6) is 5.75 Å². The molecule has 612 valence electrons. The van der Waals surface area contributed by atoms with E-state index in [0.717, 1.165) is 11.0 Å². The Morgan fingerprint density at radius 3 is 1.99 bits per heavy atom. The molecule has 2 aromatic carbocycles. The number of nitrogens with two attached hydrogens (primary N) is 1. The number of primary amides is 1. The molecule has 2 heterocycles. The van der Waals surface area contributed by atoms with E-state index in [1.165, 1.54) is 67.6 Å². The first-order valence-corrected chi connectivity index (χ1v) is 37.5. The number of amides is 10. The van der Waals surface area contributed by atoms with Crippen molar-refractivity contribution in [2.24, 2.45) is 34.3 Å². The molecule has 10 amide bonds. The zero-order chi connectivity index (χ0) is 80.8. The average molecular weight is 1570 g/mol. The fraction of sp³-hybridized carbons (Fsp3) is 0.618. The summed E-state index contributed by atoms with van der Waals surface area (Å²) in [6.07, 6.45) is -5.12. The van der Waals surface area contributed by atoms with E-state index in [1.807, 2.05) is 6.92 Å². The normalized spacial score (nSPS) is 25.9. The monoisotopic (exact) mass is 1570 g/mol. The van der Waals surface area contributed by atoms with E-state index in [4.69, 9.17) is 48.7 Å². The van der Waals surface area contributed by atoms with Gasteiger partial charge in [-0.1, -0.05) is 52.3 Å². The molecule has 14 N–H and O–H groups in total. The summed E-state index contributed by atoms with van der Waals surface area (Å²) >= 11 is 0. The number of carbonyl (C=O) groups excluding carboxylic acids is 11. The van der Waals surface area contributed by atoms with Crippen molar-refractivity contribution in [2.45, 2.75) is 184 Å². The van der Waals surface area contributed by atoms with Gasteiger partial charge in [-0.05, 0) is 130 Å². The van der Waals surface area contributed by atoms with E-state index in [1.54, 1.807) is 32.9 Å². The summed E-state index contributed by atoms with van der Waals surface area (Å²) in [4.78, 5) is 145. The molecular weight excluding hydrogens is 1460 g/mol. The minimum Gasteiger partial charge on any atom is -0.486 e. The predicted octanol–water partition coefficient (Wildman–Crippen LogP) is 1.83. The Morgan fingerprint density at radius 2 is 1.35 bits per heavy atom. The predicted molar refractivity (Wildman–Crippen MR) is 390 cm³/mol. The third kappa shape index (κ3) is 22.1. The fourth-order valence-electron chi connectivity index (χ4n) is 15.4. The SMILES string of the molecule is CCCC1O[C@@H]2C[C@H]3[C@@H]4C[C@H](F)C5=CC(=O)C=C[C@]5(C)[C@@]4(F)[C@@H](O)C[C@]3(C)[C@]2(C(=O)COc2ccc(NC(=O)OCc3ccc(NC(=O)[C@H](CCCNC(N)=O)NC(=O)[C@@H](NC(=O)[C@@H](CCC(=O)NC[C@H](O)[C@@H](O)[C@H](O)CCO)NC(=O)CCOCCOCCOCCOCCN4C(=O)C=CC4=O)C(C)C)cc3)cc2)O1. The number of allylic oxidation sites excluding steroid dienone is 4. The maximum Gasteiger partial charge on any atom is 0.411 e. The number of imide groups is 1. The van der Waals surface area contributed by atoms with Crippen LogP contribution in [0, 0.1) is 28.6 Å². The lowest BCUT2D eigenvalue weighted by Gasteiger charge is -2.63. The Bertz CT molecular complexity index is 3670. The number of nitrogens with one attached hydrogen (secondary N) is 7. The molecule has 1 saturated heterocycles. The number of anilines is 2. The Kier molecular flexibility index (Phi) is 32.1. The van der Waals surface area contributed by atoms with Crippen molar-refractivity contribution in [2.75, 3.05) is 96.3 Å². The highest BCUT2D eigenvalue weighted by Crippen LogP contribution is 2.72. The number of hydrogen-bond acceptors (Lipinski definition) is 24. The molecule has 4 aliphatic carbocycles. The lowest BCUT2D eigenvalue weighted by Crippen LogP contribution is -2.71. The molecule has 4 fully saturated rings. The molecule has 0 radical (unpaired) electrons. The van der Waals surface area contributed by atoms with Crippen LogP contribution in [-0.2, 0) is 82.9 Å². The lowest BCUT2D eigenvalue weighted by atomic mass is 9.44. The highest BCUT2D eigenvalue weighted by molar-refractivity contribution is 6.13. The molecule has 0 aromatic heterocycles. The third-order valence-electron chi connectivity index (χ3n) is 21.3. The van der Waals surface area contributed by atoms with Crippen LogP contribution in [0.4, 0.5) is 29.7 Å². The van der Waals surface area contributed by atoms with Gasteiger partial charge in [-0.15, -0.1) is 0 Å². The van der Waals surface area contributed by atoms with Crippen molar-refractivity contribution in [3.63, 3.8) is 0 Å². The van der Waals surface area contributed by atoms with Crippen LogP contribution in [0.25, 0.3) is 0 Å². The number of nitrogens with zero attached hydrogens (tertiary/aromatic N) is 1. The van der Waals surface area contributed by atoms with Crippen molar-refractivity contribution in [1.82, 2.24) is 31.5 Å². The Hall–Kier alpha value is -8.75. The standard InChI is InChI=1S/C76H105F2N9O24/c1-6-8-65-110-60-39-50-51-38-53(77)52-37-48(89)22-25-73(52,4)75(51,78)58(92)40-74(50,5)76(60,111-65)59(93)43-108-49-16-14-47(15-17-49)83-72(103)109-42-45-10-12-46(13-11-45)82-68(99)54(9-7-26-80-71(79)102)85-70(101)66(44(2)3)86-69(100)55(18-19-61(94)81-41-57(91)67(98)56(90)23-28-88)84-62(95)24-29-104-31-33-106-35-36-107-34-32-105-30-27-87-63(96)20-21-64(87)97/h10-17,20-22,25,37,44,50-51,53-58,60,65-67,88,90-92,98H,6-9,18-19,23-24,26-36,38-43H2,1-5H3,(H,81,94)(H,82,99)(H,83,103)(H,84,95)(H,85,101)(H,86,100)(H3,79,80,102)/t50-,51-,53-,54-,55+,56+,57-,58-,60+,65?,66-,67-,73-,74-,75-,76+/m0/s1.